The van der Waals surface area contributed by atoms with E-state index in [1.165, 1.54) is 24.3 Å². The molecule has 2 rings (SSSR count). The van der Waals surface area contributed by atoms with Crippen LogP contribution in [0.3, 0.4) is 0 Å². The molecule has 0 unspecified atom stereocenters. The third kappa shape index (κ3) is 3.12. The predicted molar refractivity (Wildman–Crippen MR) is 60.7 cm³/mol. The van der Waals surface area contributed by atoms with Crippen LogP contribution in [0.1, 0.15) is 0 Å². The second kappa shape index (κ2) is 4.75. The number of rotatable bonds is 2. The Morgan fingerprint density at radius 3 is 2.47 bits per heavy atom. The van der Waals surface area contributed by atoms with Crippen LogP contribution in [0.4, 0.5) is 23.2 Å². The van der Waals surface area contributed by atoms with Crippen molar-refractivity contribution < 1.29 is 22.3 Å². The van der Waals surface area contributed by atoms with Gasteiger partial charge < -0.3 is 10.5 Å². The molecule has 0 atom stereocenters. The van der Waals surface area contributed by atoms with E-state index in [2.05, 4.69) is 9.72 Å². The molecule has 0 aliphatic carbocycles. The first-order valence-electron chi connectivity index (χ1n) is 5.13. The summed E-state index contributed by atoms with van der Waals surface area (Å²) >= 11 is 0. The van der Waals surface area contributed by atoms with Crippen molar-refractivity contribution in [2.45, 2.75) is 6.36 Å². The largest absolute Gasteiger partial charge is 0.573 e. The number of nitrogens with two attached hydrogens (primary N) is 1. The first kappa shape index (κ1) is 13.1. The Hall–Kier alpha value is -2.31. The average molecular weight is 272 g/mol. The normalized spacial score (nSPS) is 11.4. The molecule has 1 aromatic heterocycles. The van der Waals surface area contributed by atoms with Crippen molar-refractivity contribution in [2.24, 2.45) is 0 Å². The summed E-state index contributed by atoms with van der Waals surface area (Å²) in [5.41, 5.74) is 5.44. The average Bonchev–Trinajstić information content (AvgIpc) is 2.31. The van der Waals surface area contributed by atoms with Gasteiger partial charge in [0.1, 0.15) is 5.75 Å². The molecule has 0 radical (unpaired) electrons. The van der Waals surface area contributed by atoms with Crippen LogP contribution in [0.15, 0.2) is 36.5 Å². The number of nitrogens with zero attached hydrogens (tertiary/aromatic N) is 1. The number of nitrogen functional groups attached to an aromatic ring is 1. The van der Waals surface area contributed by atoms with Crippen LogP contribution in [0.2, 0.25) is 0 Å². The van der Waals surface area contributed by atoms with E-state index in [1.54, 1.807) is 0 Å². The molecule has 0 amide bonds. The molecular weight excluding hydrogens is 264 g/mol. The molecule has 0 fully saturated rings. The van der Waals surface area contributed by atoms with E-state index in [0.717, 1.165) is 12.3 Å². The van der Waals surface area contributed by atoms with Gasteiger partial charge in [-0.1, -0.05) is 18.2 Å². The molecule has 100 valence electrons. The summed E-state index contributed by atoms with van der Waals surface area (Å²) < 4.78 is 53.6. The number of anilines is 1. The van der Waals surface area contributed by atoms with Gasteiger partial charge in [0.25, 0.3) is 0 Å². The molecule has 7 heteroatoms. The lowest BCUT2D eigenvalue weighted by atomic mass is 10.1. The summed E-state index contributed by atoms with van der Waals surface area (Å²) in [5, 5.41) is 0. The summed E-state index contributed by atoms with van der Waals surface area (Å²) in [5.74, 6) is -1.28. The molecule has 0 saturated carbocycles. The van der Waals surface area contributed by atoms with Crippen molar-refractivity contribution in [3.8, 4) is 16.9 Å². The van der Waals surface area contributed by atoms with Crippen LogP contribution in [-0.4, -0.2) is 11.3 Å². The topological polar surface area (TPSA) is 48.1 Å². The highest BCUT2D eigenvalue weighted by molar-refractivity contribution is 5.72. The zero-order valence-corrected chi connectivity index (χ0v) is 9.41. The highest BCUT2D eigenvalue weighted by Crippen LogP contribution is 2.34. The zero-order chi connectivity index (χ0) is 14.0. The van der Waals surface area contributed by atoms with Gasteiger partial charge in [0.05, 0.1) is 5.69 Å². The van der Waals surface area contributed by atoms with E-state index in [-0.39, 0.29) is 16.8 Å². The van der Waals surface area contributed by atoms with Crippen molar-refractivity contribution in [1.82, 2.24) is 4.98 Å². The maximum atomic E-state index is 12.9. The van der Waals surface area contributed by atoms with Crippen LogP contribution >= 0.6 is 0 Å². The van der Waals surface area contributed by atoms with E-state index < -0.39 is 18.1 Å². The van der Waals surface area contributed by atoms with E-state index in [4.69, 9.17) is 5.73 Å². The minimum Gasteiger partial charge on any atom is -0.405 e. The van der Waals surface area contributed by atoms with Gasteiger partial charge in [0.15, 0.2) is 0 Å². The van der Waals surface area contributed by atoms with Crippen LogP contribution in [0, 0.1) is 5.95 Å². The molecule has 19 heavy (non-hydrogen) atoms. The van der Waals surface area contributed by atoms with E-state index in [1.807, 2.05) is 0 Å². The second-order valence-corrected chi connectivity index (χ2v) is 3.65. The van der Waals surface area contributed by atoms with Gasteiger partial charge in [-0.05, 0) is 12.1 Å². The number of halogens is 4. The number of hydrogen-bond donors (Lipinski definition) is 1. The van der Waals surface area contributed by atoms with Gasteiger partial charge in [-0.15, -0.1) is 13.2 Å². The number of para-hydroxylation sites is 1. The molecule has 3 nitrogen and oxygen atoms in total. The number of hydrogen-bond acceptors (Lipinski definition) is 3. The number of pyridine rings is 1. The third-order valence-electron chi connectivity index (χ3n) is 2.29. The molecule has 0 saturated heterocycles. The van der Waals surface area contributed by atoms with Crippen molar-refractivity contribution in [3.63, 3.8) is 0 Å². The summed E-state index contributed by atoms with van der Waals surface area (Å²) in [4.78, 5) is 3.36. The highest BCUT2D eigenvalue weighted by Gasteiger charge is 2.32. The number of alkyl halides is 3. The van der Waals surface area contributed by atoms with E-state index in [9.17, 15) is 17.6 Å². The van der Waals surface area contributed by atoms with Crippen molar-refractivity contribution in [3.05, 3.63) is 42.5 Å². The summed E-state index contributed by atoms with van der Waals surface area (Å²) in [6.07, 6.45) is -3.72. The molecule has 1 heterocycles. The minimum absolute atomic E-state index is 0.124. The standard InChI is InChI=1S/C12H8F4N2O/c13-11-9(17)5-7(6-18-11)8-3-1-2-4-10(8)19-12(14,15)16/h1-6H,17H2. The highest BCUT2D eigenvalue weighted by atomic mass is 19.4. The van der Waals surface area contributed by atoms with Crippen molar-refractivity contribution in [2.75, 3.05) is 5.73 Å². The Morgan fingerprint density at radius 2 is 1.84 bits per heavy atom. The first-order chi connectivity index (χ1) is 8.87. The zero-order valence-electron chi connectivity index (χ0n) is 9.41. The molecule has 2 aromatic rings. The van der Waals surface area contributed by atoms with Gasteiger partial charge in [0.2, 0.25) is 5.95 Å². The Labute approximate surface area is 105 Å². The summed E-state index contributed by atoms with van der Waals surface area (Å²) in [6, 6.07) is 6.67. The SMILES string of the molecule is Nc1cc(-c2ccccc2OC(F)(F)F)cnc1F. The first-order valence-corrected chi connectivity index (χ1v) is 5.13. The molecule has 0 aliphatic rings. The van der Waals surface area contributed by atoms with E-state index >= 15 is 0 Å². The Balaban J connectivity index is 2.47. The Morgan fingerprint density at radius 1 is 1.16 bits per heavy atom. The van der Waals surface area contributed by atoms with Gasteiger partial charge in [-0.2, -0.15) is 4.39 Å². The predicted octanol–water partition coefficient (Wildman–Crippen LogP) is 3.37. The fourth-order valence-electron chi connectivity index (χ4n) is 1.53. The monoisotopic (exact) mass is 272 g/mol. The number of aromatic nitrogens is 1. The maximum absolute atomic E-state index is 12.9. The molecule has 0 aliphatic heterocycles. The number of benzene rings is 1. The second-order valence-electron chi connectivity index (χ2n) is 3.65. The van der Waals surface area contributed by atoms with Crippen molar-refractivity contribution >= 4 is 5.69 Å². The Bertz CT molecular complexity index is 599. The summed E-state index contributed by atoms with van der Waals surface area (Å²) in [6.45, 7) is 0. The molecule has 0 bridgehead atoms. The fraction of sp³-hybridized carbons (Fsp3) is 0.0833. The van der Waals surface area contributed by atoms with Gasteiger partial charge in [-0.25, -0.2) is 4.98 Å². The van der Waals surface area contributed by atoms with Crippen LogP contribution in [0.5, 0.6) is 5.75 Å². The lowest BCUT2D eigenvalue weighted by molar-refractivity contribution is -0.274. The molecular formula is C12H8F4N2O. The molecule has 2 N–H and O–H groups in total. The van der Waals surface area contributed by atoms with Crippen molar-refractivity contribution in [1.29, 1.82) is 0 Å². The van der Waals surface area contributed by atoms with Crippen LogP contribution < -0.4 is 10.5 Å². The van der Waals surface area contributed by atoms with Gasteiger partial charge in [-0.3, -0.25) is 0 Å². The smallest absolute Gasteiger partial charge is 0.405 e. The maximum Gasteiger partial charge on any atom is 0.573 e. The molecule has 0 spiro atoms. The van der Waals surface area contributed by atoms with E-state index in [0.29, 0.717) is 0 Å². The lowest BCUT2D eigenvalue weighted by Gasteiger charge is -2.13. The van der Waals surface area contributed by atoms with Gasteiger partial charge >= 0.3 is 6.36 Å². The lowest BCUT2D eigenvalue weighted by Crippen LogP contribution is -2.17. The minimum atomic E-state index is -4.81. The Kier molecular flexibility index (Phi) is 3.28. The van der Waals surface area contributed by atoms with Crippen LogP contribution in [-0.2, 0) is 0 Å². The summed E-state index contributed by atoms with van der Waals surface area (Å²) in [7, 11) is 0. The molecule has 1 aromatic carbocycles. The number of ether oxygens (including phenoxy) is 1. The quantitative estimate of drug-likeness (QED) is 0.673. The fourth-order valence-corrected chi connectivity index (χ4v) is 1.53. The van der Waals surface area contributed by atoms with Crippen LogP contribution in [0.25, 0.3) is 11.1 Å². The third-order valence-corrected chi connectivity index (χ3v) is 2.29. The van der Waals surface area contributed by atoms with Gasteiger partial charge in [0, 0.05) is 17.3 Å².